The van der Waals surface area contributed by atoms with E-state index in [9.17, 15) is 18.0 Å². The molecule has 0 bridgehead atoms. The average molecular weight is 394 g/mol. The van der Waals surface area contributed by atoms with Gasteiger partial charge in [0.05, 0.1) is 26.4 Å². The van der Waals surface area contributed by atoms with E-state index in [4.69, 9.17) is 14.2 Å². The van der Waals surface area contributed by atoms with Crippen LogP contribution in [0.2, 0.25) is 0 Å². The lowest BCUT2D eigenvalue weighted by atomic mass is 9.98. The fourth-order valence-electron chi connectivity index (χ4n) is 2.89. The van der Waals surface area contributed by atoms with Gasteiger partial charge in [0.2, 0.25) is 5.75 Å². The Balaban J connectivity index is 2.04. The molecule has 8 heteroatoms. The van der Waals surface area contributed by atoms with Crippen molar-refractivity contribution in [1.82, 2.24) is 0 Å². The Morgan fingerprint density at radius 2 is 1.79 bits per heavy atom. The van der Waals surface area contributed by atoms with Crippen LogP contribution in [0, 0.1) is 5.82 Å². The van der Waals surface area contributed by atoms with Crippen molar-refractivity contribution in [3.8, 4) is 23.0 Å². The zero-order valence-corrected chi connectivity index (χ0v) is 15.1. The summed E-state index contributed by atoms with van der Waals surface area (Å²) in [6.45, 7) is -2.82. The highest BCUT2D eigenvalue weighted by Crippen LogP contribution is 2.40. The minimum atomic E-state index is -3.06. The molecular formula is C20H17F3O5. The molecule has 0 atom stereocenters. The molecule has 0 N–H and O–H groups in total. The van der Waals surface area contributed by atoms with E-state index in [2.05, 4.69) is 4.74 Å². The number of hydrogen-bond acceptors (Lipinski definition) is 5. The topological polar surface area (TPSA) is 54.0 Å². The van der Waals surface area contributed by atoms with Crippen molar-refractivity contribution in [2.24, 2.45) is 0 Å². The van der Waals surface area contributed by atoms with Gasteiger partial charge in [0.25, 0.3) is 0 Å². The van der Waals surface area contributed by atoms with Crippen LogP contribution < -0.4 is 18.9 Å². The zero-order valence-electron chi connectivity index (χ0n) is 15.1. The van der Waals surface area contributed by atoms with Gasteiger partial charge in [-0.2, -0.15) is 8.78 Å². The lowest BCUT2D eigenvalue weighted by Crippen LogP contribution is -2.06. The molecule has 0 aromatic heterocycles. The summed E-state index contributed by atoms with van der Waals surface area (Å²) in [5.41, 5.74) is 0.967. The van der Waals surface area contributed by atoms with E-state index in [0.29, 0.717) is 16.9 Å². The first-order valence-corrected chi connectivity index (χ1v) is 8.31. The molecule has 1 heterocycles. The molecule has 3 rings (SSSR count). The van der Waals surface area contributed by atoms with Crippen molar-refractivity contribution in [3.63, 3.8) is 0 Å². The molecule has 0 radical (unpaired) electrons. The summed E-state index contributed by atoms with van der Waals surface area (Å²) in [5, 5.41) is 0. The molecule has 0 spiro atoms. The second-order valence-corrected chi connectivity index (χ2v) is 5.87. The van der Waals surface area contributed by atoms with Crippen LogP contribution >= 0.6 is 0 Å². The largest absolute Gasteiger partial charge is 0.493 e. The molecule has 148 valence electrons. The van der Waals surface area contributed by atoms with Gasteiger partial charge in [0, 0.05) is 12.0 Å². The smallest absolute Gasteiger partial charge is 0.387 e. The Labute approximate surface area is 159 Å². The van der Waals surface area contributed by atoms with Crippen molar-refractivity contribution in [2.75, 3.05) is 20.8 Å². The Hall–Kier alpha value is -3.16. The second kappa shape index (κ2) is 8.24. The Morgan fingerprint density at radius 3 is 2.39 bits per heavy atom. The molecule has 0 saturated heterocycles. The fraction of sp³-hybridized carbons (Fsp3) is 0.250. The first-order valence-electron chi connectivity index (χ1n) is 8.31. The minimum absolute atomic E-state index is 0.0234. The number of rotatable bonds is 5. The van der Waals surface area contributed by atoms with E-state index >= 15 is 0 Å². The van der Waals surface area contributed by atoms with E-state index < -0.39 is 12.4 Å². The minimum Gasteiger partial charge on any atom is -0.493 e. The molecule has 2 aromatic carbocycles. The number of carbonyl (C=O) groups is 1. The van der Waals surface area contributed by atoms with Gasteiger partial charge < -0.3 is 18.9 Å². The molecule has 2 aromatic rings. The maximum atomic E-state index is 13.6. The molecular weight excluding hydrogens is 377 g/mol. The summed E-state index contributed by atoms with van der Waals surface area (Å²) in [5.74, 6) is -0.812. The van der Waals surface area contributed by atoms with Crippen molar-refractivity contribution in [3.05, 3.63) is 52.8 Å². The third-order valence-corrected chi connectivity index (χ3v) is 4.14. The highest BCUT2D eigenvalue weighted by atomic mass is 19.3. The number of Topliss-reactive ketones (excluding diaryl/α,β-unsaturated/α-hetero) is 1. The standard InChI is InChI=1S/C20H17F3O5/c1-25-16-8-11(9-17(26-2)19(16)28-20(22)23)7-12-5-6-27-15-4-3-13(21)10-14(15)18(12)24/h3-4,7-10,20H,5-6H2,1-2H3/b12-7+. The average Bonchev–Trinajstić information content (AvgIpc) is 2.81. The van der Waals surface area contributed by atoms with Crippen LogP contribution in [0.25, 0.3) is 6.08 Å². The number of benzene rings is 2. The lowest BCUT2D eigenvalue weighted by Gasteiger charge is -2.15. The number of halogens is 3. The summed E-state index contributed by atoms with van der Waals surface area (Å²) in [7, 11) is 2.60. The molecule has 1 aliphatic rings. The molecule has 0 amide bonds. The molecule has 0 aliphatic carbocycles. The quantitative estimate of drug-likeness (QED) is 0.700. The highest BCUT2D eigenvalue weighted by Gasteiger charge is 2.23. The lowest BCUT2D eigenvalue weighted by molar-refractivity contribution is -0.0526. The first kappa shape index (κ1) is 19.6. The summed E-state index contributed by atoms with van der Waals surface area (Å²) >= 11 is 0. The number of carbonyl (C=O) groups excluding carboxylic acids is 1. The van der Waals surface area contributed by atoms with Crippen molar-refractivity contribution in [1.29, 1.82) is 0 Å². The highest BCUT2D eigenvalue weighted by molar-refractivity contribution is 6.13. The maximum absolute atomic E-state index is 13.6. The van der Waals surface area contributed by atoms with Gasteiger partial charge in [0.15, 0.2) is 17.3 Å². The summed E-state index contributed by atoms with van der Waals surface area (Å²) in [6.07, 6.45) is 1.85. The van der Waals surface area contributed by atoms with Crippen LogP contribution in [-0.2, 0) is 0 Å². The van der Waals surface area contributed by atoms with E-state index in [1.165, 1.54) is 38.5 Å². The van der Waals surface area contributed by atoms with Gasteiger partial charge in [-0.1, -0.05) is 0 Å². The van der Waals surface area contributed by atoms with Crippen molar-refractivity contribution in [2.45, 2.75) is 13.0 Å². The van der Waals surface area contributed by atoms with Crippen LogP contribution in [-0.4, -0.2) is 33.2 Å². The normalized spacial score (nSPS) is 15.1. The Kier molecular flexibility index (Phi) is 5.77. The van der Waals surface area contributed by atoms with Crippen LogP contribution in [0.5, 0.6) is 23.0 Å². The van der Waals surface area contributed by atoms with Gasteiger partial charge in [-0.3, -0.25) is 4.79 Å². The van der Waals surface area contributed by atoms with Gasteiger partial charge in [-0.15, -0.1) is 0 Å². The molecule has 0 fully saturated rings. The SMILES string of the molecule is COc1cc(/C=C2\CCOc3ccc(F)cc3C2=O)cc(OC)c1OC(F)F. The summed E-state index contributed by atoms with van der Waals surface area (Å²) in [6, 6.07) is 6.64. The molecule has 5 nitrogen and oxygen atoms in total. The number of ketones is 1. The van der Waals surface area contributed by atoms with E-state index in [0.717, 1.165) is 6.07 Å². The van der Waals surface area contributed by atoms with Gasteiger partial charge in [-0.05, 0) is 42.0 Å². The van der Waals surface area contributed by atoms with Gasteiger partial charge in [-0.25, -0.2) is 4.39 Å². The van der Waals surface area contributed by atoms with E-state index in [1.54, 1.807) is 6.08 Å². The second-order valence-electron chi connectivity index (χ2n) is 5.87. The summed E-state index contributed by atoms with van der Waals surface area (Å²) in [4.78, 5) is 12.8. The maximum Gasteiger partial charge on any atom is 0.387 e. The number of ether oxygens (including phenoxy) is 4. The van der Waals surface area contributed by atoms with Crippen LogP contribution in [0.4, 0.5) is 13.2 Å². The Morgan fingerprint density at radius 1 is 1.11 bits per heavy atom. The van der Waals surface area contributed by atoms with Crippen LogP contribution in [0.1, 0.15) is 22.3 Å². The predicted molar refractivity (Wildman–Crippen MR) is 95.0 cm³/mol. The van der Waals surface area contributed by atoms with Crippen LogP contribution in [0.3, 0.4) is 0 Å². The van der Waals surface area contributed by atoms with Gasteiger partial charge in [0.1, 0.15) is 11.6 Å². The van der Waals surface area contributed by atoms with E-state index in [-0.39, 0.29) is 41.6 Å². The molecule has 1 aliphatic heterocycles. The first-order chi connectivity index (χ1) is 13.4. The predicted octanol–water partition coefficient (Wildman–Crippen LogP) is 4.49. The van der Waals surface area contributed by atoms with Crippen molar-refractivity contribution >= 4 is 11.9 Å². The monoisotopic (exact) mass is 394 g/mol. The van der Waals surface area contributed by atoms with Crippen LogP contribution in [0.15, 0.2) is 35.9 Å². The number of hydrogen-bond donors (Lipinski definition) is 0. The Bertz CT molecular complexity index is 899. The number of methoxy groups -OCH3 is 2. The van der Waals surface area contributed by atoms with Gasteiger partial charge >= 0.3 is 6.61 Å². The third kappa shape index (κ3) is 4.05. The third-order valence-electron chi connectivity index (χ3n) is 4.14. The molecule has 0 unspecified atom stereocenters. The van der Waals surface area contributed by atoms with E-state index in [1.807, 2.05) is 0 Å². The number of alkyl halides is 2. The van der Waals surface area contributed by atoms with Crippen molar-refractivity contribution < 1.29 is 36.9 Å². The molecule has 28 heavy (non-hydrogen) atoms. The molecule has 0 saturated carbocycles. The summed E-state index contributed by atoms with van der Waals surface area (Å²) < 4.78 is 59.1. The zero-order chi connectivity index (χ0) is 20.3. The fourth-order valence-corrected chi connectivity index (χ4v) is 2.89. The number of fused-ring (bicyclic) bond motifs is 1.